The molecule has 29 heavy (non-hydrogen) atoms. The van der Waals surface area contributed by atoms with E-state index in [1.54, 1.807) is 17.2 Å². The van der Waals surface area contributed by atoms with Crippen LogP contribution in [0.3, 0.4) is 0 Å². The summed E-state index contributed by atoms with van der Waals surface area (Å²) in [6.07, 6.45) is 6.08. The summed E-state index contributed by atoms with van der Waals surface area (Å²) in [4.78, 5) is 12.7. The molecule has 146 valence electrons. The molecule has 10 heteroatoms. The molecule has 5 rings (SSSR count). The molecule has 0 unspecified atom stereocenters. The van der Waals surface area contributed by atoms with E-state index in [0.717, 1.165) is 41.9 Å². The van der Waals surface area contributed by atoms with Crippen LogP contribution in [0.15, 0.2) is 42.9 Å². The smallest absolute Gasteiger partial charge is 0.232 e. The maximum Gasteiger partial charge on any atom is 0.232 e. The fourth-order valence-corrected chi connectivity index (χ4v) is 3.62. The van der Waals surface area contributed by atoms with Crippen LogP contribution in [0, 0.1) is 6.92 Å². The molecule has 0 aliphatic carbocycles. The molecule has 0 saturated carbocycles. The van der Waals surface area contributed by atoms with Gasteiger partial charge < -0.3 is 4.90 Å². The van der Waals surface area contributed by atoms with Gasteiger partial charge in [-0.2, -0.15) is 15.0 Å². The average Bonchev–Trinajstić information content (AvgIpc) is 3.38. The zero-order valence-electron chi connectivity index (χ0n) is 15.8. The summed E-state index contributed by atoms with van der Waals surface area (Å²) >= 11 is 6.10. The number of anilines is 1. The second kappa shape index (κ2) is 7.25. The van der Waals surface area contributed by atoms with Crippen molar-refractivity contribution in [1.29, 1.82) is 0 Å². The summed E-state index contributed by atoms with van der Waals surface area (Å²) in [5.41, 5.74) is 3.15. The molecule has 0 N–H and O–H groups in total. The standard InChI is InChI=1S/C19H18ClN9/c1-13-21-10-14-6-9-27(11-17(14)24-13)19-26-25-18(12-28-22-7-8-23-28)29(19)16-4-2-15(20)3-5-16/h2-5,7-8,10H,6,9,11-12H2,1H3. The van der Waals surface area contributed by atoms with Gasteiger partial charge in [0.25, 0.3) is 0 Å². The Balaban J connectivity index is 1.56. The van der Waals surface area contributed by atoms with Gasteiger partial charge >= 0.3 is 0 Å². The van der Waals surface area contributed by atoms with Crippen molar-refractivity contribution >= 4 is 17.5 Å². The highest BCUT2D eigenvalue weighted by molar-refractivity contribution is 6.30. The first-order chi connectivity index (χ1) is 14.2. The second-order valence-electron chi connectivity index (χ2n) is 6.85. The zero-order valence-corrected chi connectivity index (χ0v) is 16.5. The highest BCUT2D eigenvalue weighted by Gasteiger charge is 2.25. The monoisotopic (exact) mass is 407 g/mol. The first kappa shape index (κ1) is 17.7. The summed E-state index contributed by atoms with van der Waals surface area (Å²) in [6.45, 7) is 3.79. The zero-order chi connectivity index (χ0) is 19.8. The molecule has 4 heterocycles. The Labute approximate surface area is 172 Å². The summed E-state index contributed by atoms with van der Waals surface area (Å²) < 4.78 is 2.03. The Hall–Kier alpha value is -3.33. The van der Waals surface area contributed by atoms with E-state index in [2.05, 4.69) is 35.3 Å². The summed E-state index contributed by atoms with van der Waals surface area (Å²) in [5, 5.41) is 18.0. The Morgan fingerprint density at radius 3 is 2.66 bits per heavy atom. The highest BCUT2D eigenvalue weighted by Crippen LogP contribution is 2.26. The van der Waals surface area contributed by atoms with E-state index in [4.69, 9.17) is 11.6 Å². The molecule has 0 bridgehead atoms. The number of halogens is 1. The molecule has 0 atom stereocenters. The molecule has 0 spiro atoms. The number of nitrogens with zero attached hydrogens (tertiary/aromatic N) is 9. The molecular weight excluding hydrogens is 390 g/mol. The average molecular weight is 408 g/mol. The first-order valence-corrected chi connectivity index (χ1v) is 9.66. The minimum Gasteiger partial charge on any atom is -0.334 e. The molecule has 4 aromatic rings. The summed E-state index contributed by atoms with van der Waals surface area (Å²) in [6, 6.07) is 7.64. The number of benzene rings is 1. The van der Waals surface area contributed by atoms with Crippen LogP contribution in [0.1, 0.15) is 22.9 Å². The molecule has 0 saturated heterocycles. The fraction of sp³-hybridized carbons (Fsp3) is 0.263. The molecule has 3 aromatic heterocycles. The van der Waals surface area contributed by atoms with Crippen molar-refractivity contribution < 1.29 is 0 Å². The lowest BCUT2D eigenvalue weighted by atomic mass is 10.1. The summed E-state index contributed by atoms with van der Waals surface area (Å²) in [7, 11) is 0. The lowest BCUT2D eigenvalue weighted by Crippen LogP contribution is -2.33. The van der Waals surface area contributed by atoms with Crippen molar-refractivity contribution in [3.63, 3.8) is 0 Å². The number of hydrogen-bond donors (Lipinski definition) is 0. The summed E-state index contributed by atoms with van der Waals surface area (Å²) in [5.74, 6) is 2.27. The second-order valence-corrected chi connectivity index (χ2v) is 7.28. The maximum atomic E-state index is 6.10. The van der Waals surface area contributed by atoms with Gasteiger partial charge in [0.1, 0.15) is 12.4 Å². The predicted molar refractivity (Wildman–Crippen MR) is 107 cm³/mol. The minimum atomic E-state index is 0.411. The van der Waals surface area contributed by atoms with Crippen molar-refractivity contribution in [2.75, 3.05) is 11.4 Å². The van der Waals surface area contributed by atoms with Crippen LogP contribution in [0.2, 0.25) is 5.02 Å². The van der Waals surface area contributed by atoms with Gasteiger partial charge in [-0.25, -0.2) is 9.97 Å². The Kier molecular flexibility index (Phi) is 4.44. The van der Waals surface area contributed by atoms with Gasteiger partial charge in [0.15, 0.2) is 5.82 Å². The van der Waals surface area contributed by atoms with Crippen LogP contribution in [0.5, 0.6) is 0 Å². The van der Waals surface area contributed by atoms with Crippen LogP contribution in [0.4, 0.5) is 5.95 Å². The van der Waals surface area contributed by atoms with Crippen molar-refractivity contribution in [1.82, 2.24) is 39.7 Å². The Morgan fingerprint density at radius 2 is 1.86 bits per heavy atom. The van der Waals surface area contributed by atoms with Crippen LogP contribution in [0.25, 0.3) is 5.69 Å². The van der Waals surface area contributed by atoms with E-state index in [-0.39, 0.29) is 0 Å². The van der Waals surface area contributed by atoms with E-state index in [1.165, 1.54) is 5.56 Å². The van der Waals surface area contributed by atoms with Crippen LogP contribution < -0.4 is 4.90 Å². The Morgan fingerprint density at radius 1 is 1.07 bits per heavy atom. The number of aromatic nitrogens is 8. The number of fused-ring (bicyclic) bond motifs is 1. The van der Waals surface area contributed by atoms with Gasteiger partial charge in [0.2, 0.25) is 5.95 Å². The predicted octanol–water partition coefficient (Wildman–Crippen LogP) is 2.22. The first-order valence-electron chi connectivity index (χ1n) is 9.28. The van der Waals surface area contributed by atoms with Crippen molar-refractivity contribution in [3.8, 4) is 5.69 Å². The van der Waals surface area contributed by atoms with Gasteiger partial charge in [0.05, 0.1) is 30.3 Å². The van der Waals surface area contributed by atoms with Gasteiger partial charge in [0, 0.05) is 17.8 Å². The normalized spacial score (nSPS) is 13.5. The molecule has 0 fully saturated rings. The van der Waals surface area contributed by atoms with Crippen molar-refractivity contribution in [2.45, 2.75) is 26.4 Å². The molecular formula is C19H18ClN9. The van der Waals surface area contributed by atoms with E-state index < -0.39 is 0 Å². The van der Waals surface area contributed by atoms with Crippen molar-refractivity contribution in [3.05, 3.63) is 70.8 Å². The largest absolute Gasteiger partial charge is 0.334 e. The molecule has 0 amide bonds. The topological polar surface area (TPSA) is 90.4 Å². The van der Waals surface area contributed by atoms with E-state index in [0.29, 0.717) is 18.1 Å². The number of hydrogen-bond acceptors (Lipinski definition) is 7. The van der Waals surface area contributed by atoms with Crippen molar-refractivity contribution in [2.24, 2.45) is 0 Å². The number of rotatable bonds is 4. The van der Waals surface area contributed by atoms with E-state index in [9.17, 15) is 0 Å². The van der Waals surface area contributed by atoms with Gasteiger partial charge in [-0.1, -0.05) is 11.6 Å². The van der Waals surface area contributed by atoms with Crippen LogP contribution >= 0.6 is 11.6 Å². The third-order valence-corrected chi connectivity index (χ3v) is 5.15. The lowest BCUT2D eigenvalue weighted by molar-refractivity contribution is 0.563. The third-order valence-electron chi connectivity index (χ3n) is 4.90. The van der Waals surface area contributed by atoms with E-state index >= 15 is 0 Å². The molecule has 0 radical (unpaired) electrons. The molecule has 1 aliphatic rings. The number of aryl methyl sites for hydroxylation is 1. The minimum absolute atomic E-state index is 0.411. The highest BCUT2D eigenvalue weighted by atomic mass is 35.5. The van der Waals surface area contributed by atoms with Gasteiger partial charge in [-0.05, 0) is 43.2 Å². The van der Waals surface area contributed by atoms with Crippen LogP contribution in [-0.2, 0) is 19.5 Å². The fourth-order valence-electron chi connectivity index (χ4n) is 3.49. The van der Waals surface area contributed by atoms with Crippen LogP contribution in [-0.4, -0.2) is 46.3 Å². The molecule has 9 nitrogen and oxygen atoms in total. The lowest BCUT2D eigenvalue weighted by Gasteiger charge is -2.29. The maximum absolute atomic E-state index is 6.10. The Bertz CT molecular complexity index is 1140. The van der Waals surface area contributed by atoms with Gasteiger partial charge in [-0.3, -0.25) is 4.57 Å². The van der Waals surface area contributed by atoms with E-state index in [1.807, 2.05) is 42.0 Å². The molecule has 1 aliphatic heterocycles. The third kappa shape index (κ3) is 3.44. The van der Waals surface area contributed by atoms with Gasteiger partial charge in [-0.15, -0.1) is 10.2 Å². The SMILES string of the molecule is Cc1ncc2c(n1)CN(c1nnc(Cn3nccn3)n1-c1ccc(Cl)cc1)CC2. The quantitative estimate of drug-likeness (QED) is 0.512. The molecule has 1 aromatic carbocycles.